The molecule has 0 aliphatic carbocycles. The molecule has 0 bridgehead atoms. The molecule has 0 aromatic heterocycles. The van der Waals surface area contributed by atoms with Gasteiger partial charge in [0.25, 0.3) is 0 Å². The van der Waals surface area contributed by atoms with Gasteiger partial charge in [0.05, 0.1) is 13.2 Å². The Morgan fingerprint density at radius 3 is 2.68 bits per heavy atom. The highest BCUT2D eigenvalue weighted by Crippen LogP contribution is 2.17. The number of nitrogens with one attached hydrogen (secondary N) is 1. The van der Waals surface area contributed by atoms with Crippen molar-refractivity contribution < 1.29 is 19.1 Å². The maximum Gasteiger partial charge on any atom is 0.330 e. The Labute approximate surface area is 112 Å². The first-order valence-corrected chi connectivity index (χ1v) is 6.04. The lowest BCUT2D eigenvalue weighted by atomic mass is 10.3. The molecule has 0 aliphatic rings. The third-order valence-corrected chi connectivity index (χ3v) is 2.07. The number of carbonyl (C=O) groups is 2. The SMILES string of the molecule is CCOC(=O)/C=C/C(=O)Nc1cccc(OCC)c1. The zero-order chi connectivity index (χ0) is 14.1. The van der Waals surface area contributed by atoms with E-state index in [0.29, 0.717) is 18.0 Å². The Hall–Kier alpha value is -2.30. The first kappa shape index (κ1) is 14.8. The van der Waals surface area contributed by atoms with Gasteiger partial charge in [-0.3, -0.25) is 4.79 Å². The molecule has 0 unspecified atom stereocenters. The number of amides is 1. The summed E-state index contributed by atoms with van der Waals surface area (Å²) in [4.78, 5) is 22.6. The quantitative estimate of drug-likeness (QED) is 0.631. The van der Waals surface area contributed by atoms with Gasteiger partial charge in [-0.15, -0.1) is 0 Å². The Morgan fingerprint density at radius 1 is 1.21 bits per heavy atom. The van der Waals surface area contributed by atoms with E-state index in [0.717, 1.165) is 12.2 Å². The van der Waals surface area contributed by atoms with Gasteiger partial charge in [-0.25, -0.2) is 4.79 Å². The summed E-state index contributed by atoms with van der Waals surface area (Å²) >= 11 is 0. The highest BCUT2D eigenvalue weighted by atomic mass is 16.5. The van der Waals surface area contributed by atoms with E-state index in [1.54, 1.807) is 31.2 Å². The predicted molar refractivity (Wildman–Crippen MR) is 72.0 cm³/mol. The van der Waals surface area contributed by atoms with E-state index in [4.69, 9.17) is 4.74 Å². The number of ether oxygens (including phenoxy) is 2. The molecule has 5 heteroatoms. The minimum absolute atomic E-state index is 0.279. The van der Waals surface area contributed by atoms with Crippen molar-refractivity contribution >= 4 is 17.6 Å². The summed E-state index contributed by atoms with van der Waals surface area (Å²) in [7, 11) is 0. The third-order valence-electron chi connectivity index (χ3n) is 2.07. The van der Waals surface area contributed by atoms with E-state index in [1.165, 1.54) is 0 Å². The van der Waals surface area contributed by atoms with Gasteiger partial charge in [0.15, 0.2) is 0 Å². The fourth-order valence-corrected chi connectivity index (χ4v) is 1.35. The molecule has 0 fully saturated rings. The fraction of sp³-hybridized carbons (Fsp3) is 0.286. The van der Waals surface area contributed by atoms with Gasteiger partial charge in [-0.2, -0.15) is 0 Å². The number of benzene rings is 1. The number of carbonyl (C=O) groups excluding carboxylic acids is 2. The summed E-state index contributed by atoms with van der Waals surface area (Å²) in [5.74, 6) is -0.267. The lowest BCUT2D eigenvalue weighted by Crippen LogP contribution is -2.09. The van der Waals surface area contributed by atoms with Crippen molar-refractivity contribution in [2.45, 2.75) is 13.8 Å². The summed E-state index contributed by atoms with van der Waals surface area (Å²) < 4.78 is 9.98. The van der Waals surface area contributed by atoms with Crippen molar-refractivity contribution in [3.63, 3.8) is 0 Å². The lowest BCUT2D eigenvalue weighted by molar-refractivity contribution is -0.137. The van der Waals surface area contributed by atoms with Crippen LogP contribution in [-0.4, -0.2) is 25.1 Å². The van der Waals surface area contributed by atoms with E-state index >= 15 is 0 Å². The second-order valence-corrected chi connectivity index (χ2v) is 3.54. The lowest BCUT2D eigenvalue weighted by Gasteiger charge is -2.06. The highest BCUT2D eigenvalue weighted by molar-refractivity contribution is 6.02. The van der Waals surface area contributed by atoms with Crippen LogP contribution in [0.15, 0.2) is 36.4 Å². The molecular weight excluding hydrogens is 246 g/mol. The van der Waals surface area contributed by atoms with Crippen molar-refractivity contribution in [3.8, 4) is 5.75 Å². The van der Waals surface area contributed by atoms with Crippen molar-refractivity contribution in [2.75, 3.05) is 18.5 Å². The van der Waals surface area contributed by atoms with Crippen molar-refractivity contribution in [2.24, 2.45) is 0 Å². The molecule has 1 aromatic rings. The maximum atomic E-state index is 11.5. The zero-order valence-corrected chi connectivity index (χ0v) is 11.0. The summed E-state index contributed by atoms with van der Waals surface area (Å²) in [6.45, 7) is 4.42. The van der Waals surface area contributed by atoms with Crippen LogP contribution in [0.3, 0.4) is 0 Å². The standard InChI is InChI=1S/C14H17NO4/c1-3-18-12-7-5-6-11(10-12)15-13(16)8-9-14(17)19-4-2/h5-10H,3-4H2,1-2H3,(H,15,16)/b9-8+. The van der Waals surface area contributed by atoms with E-state index in [-0.39, 0.29) is 6.61 Å². The van der Waals surface area contributed by atoms with Crippen molar-refractivity contribution in [1.82, 2.24) is 0 Å². The summed E-state index contributed by atoms with van der Waals surface area (Å²) in [6.07, 6.45) is 2.22. The van der Waals surface area contributed by atoms with Crippen LogP contribution in [0.1, 0.15) is 13.8 Å². The number of esters is 1. The molecule has 0 saturated heterocycles. The number of hydrogen-bond donors (Lipinski definition) is 1. The average molecular weight is 263 g/mol. The Kier molecular flexibility index (Phi) is 6.15. The van der Waals surface area contributed by atoms with E-state index in [9.17, 15) is 9.59 Å². The first-order chi connectivity index (χ1) is 9.15. The van der Waals surface area contributed by atoms with Gasteiger partial charge in [0, 0.05) is 23.9 Å². The van der Waals surface area contributed by atoms with E-state index in [1.807, 2.05) is 6.92 Å². The molecule has 0 heterocycles. The van der Waals surface area contributed by atoms with Crippen LogP contribution in [0.4, 0.5) is 5.69 Å². The monoisotopic (exact) mass is 263 g/mol. The third kappa shape index (κ3) is 5.72. The average Bonchev–Trinajstić information content (AvgIpc) is 2.38. The smallest absolute Gasteiger partial charge is 0.330 e. The van der Waals surface area contributed by atoms with Crippen LogP contribution >= 0.6 is 0 Å². The van der Waals surface area contributed by atoms with E-state index in [2.05, 4.69) is 10.1 Å². The highest BCUT2D eigenvalue weighted by Gasteiger charge is 2.01. The van der Waals surface area contributed by atoms with Crippen LogP contribution in [-0.2, 0) is 14.3 Å². The molecule has 0 saturated carbocycles. The fourth-order valence-electron chi connectivity index (χ4n) is 1.35. The molecule has 0 spiro atoms. The normalized spacial score (nSPS) is 10.2. The number of anilines is 1. The van der Waals surface area contributed by atoms with Gasteiger partial charge in [0.2, 0.25) is 5.91 Å². The van der Waals surface area contributed by atoms with Crippen molar-refractivity contribution in [3.05, 3.63) is 36.4 Å². The molecule has 5 nitrogen and oxygen atoms in total. The molecule has 1 N–H and O–H groups in total. The minimum atomic E-state index is -0.541. The Morgan fingerprint density at radius 2 is 2.00 bits per heavy atom. The van der Waals surface area contributed by atoms with Gasteiger partial charge < -0.3 is 14.8 Å². The Bertz CT molecular complexity index is 468. The van der Waals surface area contributed by atoms with Crippen LogP contribution in [0.2, 0.25) is 0 Å². The molecule has 1 aromatic carbocycles. The van der Waals surface area contributed by atoms with Gasteiger partial charge >= 0.3 is 5.97 Å². The number of rotatable bonds is 6. The molecule has 1 amide bonds. The van der Waals surface area contributed by atoms with Crippen LogP contribution in [0, 0.1) is 0 Å². The van der Waals surface area contributed by atoms with Crippen LogP contribution in [0.25, 0.3) is 0 Å². The molecule has 19 heavy (non-hydrogen) atoms. The molecule has 102 valence electrons. The summed E-state index contributed by atoms with van der Waals surface area (Å²) in [6, 6.07) is 7.02. The maximum absolute atomic E-state index is 11.5. The number of hydrogen-bond acceptors (Lipinski definition) is 4. The first-order valence-electron chi connectivity index (χ1n) is 6.04. The molecule has 0 aliphatic heterocycles. The van der Waals surface area contributed by atoms with Crippen LogP contribution in [0.5, 0.6) is 5.75 Å². The molecule has 0 radical (unpaired) electrons. The topological polar surface area (TPSA) is 64.6 Å². The molecule has 1 rings (SSSR count). The van der Waals surface area contributed by atoms with Crippen LogP contribution < -0.4 is 10.1 Å². The minimum Gasteiger partial charge on any atom is -0.494 e. The largest absolute Gasteiger partial charge is 0.494 e. The summed E-state index contributed by atoms with van der Waals surface area (Å²) in [5, 5.41) is 2.62. The second kappa shape index (κ2) is 7.92. The van der Waals surface area contributed by atoms with Gasteiger partial charge in [-0.05, 0) is 26.0 Å². The molecular formula is C14H17NO4. The zero-order valence-electron chi connectivity index (χ0n) is 11.0. The van der Waals surface area contributed by atoms with E-state index < -0.39 is 11.9 Å². The Balaban J connectivity index is 2.56. The predicted octanol–water partition coefficient (Wildman–Crippen LogP) is 2.14. The van der Waals surface area contributed by atoms with Gasteiger partial charge in [0.1, 0.15) is 5.75 Å². The van der Waals surface area contributed by atoms with Gasteiger partial charge in [-0.1, -0.05) is 6.07 Å². The van der Waals surface area contributed by atoms with Crippen molar-refractivity contribution in [1.29, 1.82) is 0 Å². The molecule has 0 atom stereocenters. The second-order valence-electron chi connectivity index (χ2n) is 3.54. The summed E-state index contributed by atoms with van der Waals surface area (Å²) in [5.41, 5.74) is 0.601.